The number of hydrogen-bond acceptors (Lipinski definition) is 4. The van der Waals surface area contributed by atoms with Gasteiger partial charge in [-0.3, -0.25) is 4.79 Å². The lowest BCUT2D eigenvalue weighted by molar-refractivity contribution is -0.147. The van der Waals surface area contributed by atoms with Gasteiger partial charge in [-0.05, 0) is 12.3 Å². The SMILES string of the molecule is CSc1cccc(C(=O)CCCl)c1C(O)C(=O)O. The maximum absolute atomic E-state index is 11.9. The highest BCUT2D eigenvalue weighted by atomic mass is 35.5. The van der Waals surface area contributed by atoms with Crippen molar-refractivity contribution in [3.8, 4) is 0 Å². The number of rotatable bonds is 6. The molecule has 0 aliphatic heterocycles. The van der Waals surface area contributed by atoms with Gasteiger partial charge in [-0.25, -0.2) is 4.79 Å². The molecule has 1 unspecified atom stereocenters. The molecule has 4 nitrogen and oxygen atoms in total. The first-order valence-corrected chi connectivity index (χ1v) is 6.95. The summed E-state index contributed by atoms with van der Waals surface area (Å²) in [6.45, 7) is 0. The molecular formula is C12H13ClO4S. The third-order valence-corrected chi connectivity index (χ3v) is 3.40. The molecule has 98 valence electrons. The molecule has 1 aromatic carbocycles. The van der Waals surface area contributed by atoms with E-state index in [4.69, 9.17) is 16.7 Å². The van der Waals surface area contributed by atoms with Crippen LogP contribution in [0.2, 0.25) is 0 Å². The van der Waals surface area contributed by atoms with Gasteiger partial charge in [-0.15, -0.1) is 23.4 Å². The number of Topliss-reactive ketones (excluding diaryl/α,β-unsaturated/α-hetero) is 1. The molecule has 1 atom stereocenters. The van der Waals surface area contributed by atoms with Crippen LogP contribution in [0.3, 0.4) is 0 Å². The van der Waals surface area contributed by atoms with Gasteiger partial charge in [-0.2, -0.15) is 0 Å². The van der Waals surface area contributed by atoms with Gasteiger partial charge in [0.05, 0.1) is 0 Å². The minimum absolute atomic E-state index is 0.110. The molecule has 0 spiro atoms. The minimum atomic E-state index is -1.71. The molecule has 0 aliphatic rings. The van der Waals surface area contributed by atoms with Crippen LogP contribution < -0.4 is 0 Å². The van der Waals surface area contributed by atoms with Crippen molar-refractivity contribution in [2.75, 3.05) is 12.1 Å². The first-order valence-electron chi connectivity index (χ1n) is 5.19. The van der Waals surface area contributed by atoms with Crippen LogP contribution in [0.15, 0.2) is 23.1 Å². The van der Waals surface area contributed by atoms with Gasteiger partial charge in [0.25, 0.3) is 0 Å². The fourth-order valence-corrected chi connectivity index (χ4v) is 2.42. The second-order valence-corrected chi connectivity index (χ2v) is 4.75. The molecule has 18 heavy (non-hydrogen) atoms. The van der Waals surface area contributed by atoms with Gasteiger partial charge in [0.2, 0.25) is 0 Å². The lowest BCUT2D eigenvalue weighted by Crippen LogP contribution is -2.16. The van der Waals surface area contributed by atoms with Crippen LogP contribution in [0.5, 0.6) is 0 Å². The quantitative estimate of drug-likeness (QED) is 0.477. The molecule has 0 heterocycles. The molecule has 0 fully saturated rings. The van der Waals surface area contributed by atoms with Crippen LogP contribution in [0.1, 0.15) is 28.4 Å². The summed E-state index contributed by atoms with van der Waals surface area (Å²) in [5, 5.41) is 18.6. The van der Waals surface area contributed by atoms with Crippen molar-refractivity contribution in [1.82, 2.24) is 0 Å². The molecule has 2 N–H and O–H groups in total. The number of carbonyl (C=O) groups is 2. The Labute approximate surface area is 114 Å². The zero-order valence-corrected chi connectivity index (χ0v) is 11.3. The molecule has 0 aliphatic carbocycles. The summed E-state index contributed by atoms with van der Waals surface area (Å²) >= 11 is 6.79. The molecule has 0 amide bonds. The van der Waals surface area contributed by atoms with Gasteiger partial charge in [-0.1, -0.05) is 12.1 Å². The largest absolute Gasteiger partial charge is 0.479 e. The Balaban J connectivity index is 3.33. The summed E-state index contributed by atoms with van der Waals surface area (Å²) in [5.41, 5.74) is 0.366. The zero-order chi connectivity index (χ0) is 13.7. The fourth-order valence-electron chi connectivity index (χ4n) is 1.59. The van der Waals surface area contributed by atoms with Crippen LogP contribution >= 0.6 is 23.4 Å². The normalized spacial score (nSPS) is 12.2. The van der Waals surface area contributed by atoms with E-state index in [9.17, 15) is 14.7 Å². The monoisotopic (exact) mass is 288 g/mol. The van der Waals surface area contributed by atoms with Crippen molar-refractivity contribution >= 4 is 35.1 Å². The number of carbonyl (C=O) groups excluding carboxylic acids is 1. The van der Waals surface area contributed by atoms with E-state index in [1.165, 1.54) is 17.8 Å². The second-order valence-electron chi connectivity index (χ2n) is 3.52. The lowest BCUT2D eigenvalue weighted by atomic mass is 9.98. The minimum Gasteiger partial charge on any atom is -0.479 e. The fraction of sp³-hybridized carbons (Fsp3) is 0.333. The van der Waals surface area contributed by atoms with E-state index in [0.717, 1.165) is 0 Å². The van der Waals surface area contributed by atoms with E-state index in [2.05, 4.69) is 0 Å². The summed E-state index contributed by atoms with van der Waals surface area (Å²) in [5.74, 6) is -1.49. The average Bonchev–Trinajstić information content (AvgIpc) is 2.37. The molecule has 1 aromatic rings. The molecule has 0 aromatic heterocycles. The van der Waals surface area contributed by atoms with E-state index in [0.29, 0.717) is 4.90 Å². The second kappa shape index (κ2) is 6.78. The number of hydrogen-bond donors (Lipinski definition) is 2. The van der Waals surface area contributed by atoms with E-state index in [1.54, 1.807) is 18.4 Å². The topological polar surface area (TPSA) is 74.6 Å². The number of carboxylic acid groups (broad SMARTS) is 1. The van der Waals surface area contributed by atoms with Crippen molar-refractivity contribution in [1.29, 1.82) is 0 Å². The van der Waals surface area contributed by atoms with E-state index < -0.39 is 12.1 Å². The highest BCUT2D eigenvalue weighted by molar-refractivity contribution is 7.98. The summed E-state index contributed by atoms with van der Waals surface area (Å²) in [6.07, 6.45) is 0.157. The number of halogens is 1. The Morgan fingerprint density at radius 2 is 2.11 bits per heavy atom. The Kier molecular flexibility index (Phi) is 5.65. The third kappa shape index (κ3) is 3.25. The highest BCUT2D eigenvalue weighted by Gasteiger charge is 2.25. The van der Waals surface area contributed by atoms with Crippen molar-refractivity contribution < 1.29 is 19.8 Å². The maximum atomic E-state index is 11.9. The Hall–Kier alpha value is -1.04. The lowest BCUT2D eigenvalue weighted by Gasteiger charge is -2.15. The molecule has 0 saturated heterocycles. The molecule has 0 saturated carbocycles. The Morgan fingerprint density at radius 3 is 2.61 bits per heavy atom. The van der Waals surface area contributed by atoms with Crippen molar-refractivity contribution in [3.63, 3.8) is 0 Å². The number of alkyl halides is 1. The van der Waals surface area contributed by atoms with Crippen molar-refractivity contribution in [2.24, 2.45) is 0 Å². The van der Waals surface area contributed by atoms with Crippen LogP contribution in [-0.2, 0) is 4.79 Å². The Morgan fingerprint density at radius 1 is 1.44 bits per heavy atom. The van der Waals surface area contributed by atoms with Gasteiger partial charge in [0.1, 0.15) is 0 Å². The first-order chi connectivity index (χ1) is 8.52. The van der Waals surface area contributed by atoms with Crippen LogP contribution in [0.4, 0.5) is 0 Å². The summed E-state index contributed by atoms with van der Waals surface area (Å²) < 4.78 is 0. The van der Waals surface area contributed by atoms with E-state index >= 15 is 0 Å². The molecular weight excluding hydrogens is 276 g/mol. The Bertz CT molecular complexity index is 461. The molecule has 0 bridgehead atoms. The first kappa shape index (κ1) is 15.0. The van der Waals surface area contributed by atoms with E-state index in [1.807, 2.05) is 0 Å². The van der Waals surface area contributed by atoms with Gasteiger partial charge in [0, 0.05) is 28.3 Å². The van der Waals surface area contributed by atoms with Gasteiger partial charge in [0.15, 0.2) is 11.9 Å². The van der Waals surface area contributed by atoms with Gasteiger partial charge >= 0.3 is 5.97 Å². The highest BCUT2D eigenvalue weighted by Crippen LogP contribution is 2.30. The molecule has 0 radical (unpaired) electrons. The number of carboxylic acids is 1. The maximum Gasteiger partial charge on any atom is 0.337 e. The number of benzene rings is 1. The summed E-state index contributed by atoms with van der Waals surface area (Å²) in [7, 11) is 0. The summed E-state index contributed by atoms with van der Waals surface area (Å²) in [6, 6.07) is 4.84. The van der Waals surface area contributed by atoms with Crippen LogP contribution in [-0.4, -0.2) is 34.1 Å². The predicted octanol–water partition coefficient (Wildman–Crippen LogP) is 2.34. The zero-order valence-electron chi connectivity index (χ0n) is 9.72. The number of aliphatic hydroxyl groups excluding tert-OH is 1. The number of aliphatic carboxylic acids is 1. The van der Waals surface area contributed by atoms with E-state index in [-0.39, 0.29) is 29.2 Å². The number of ketones is 1. The number of aliphatic hydroxyl groups is 1. The third-order valence-electron chi connectivity index (χ3n) is 2.42. The van der Waals surface area contributed by atoms with Gasteiger partial charge < -0.3 is 10.2 Å². The summed E-state index contributed by atoms with van der Waals surface area (Å²) in [4.78, 5) is 23.3. The average molecular weight is 289 g/mol. The standard InChI is InChI=1S/C12H13ClO4S/c1-18-9-4-2-3-7(8(14)5-6-13)10(9)11(15)12(16)17/h2-4,11,15H,5-6H2,1H3,(H,16,17). The molecule has 1 rings (SSSR count). The van der Waals surface area contributed by atoms with Crippen molar-refractivity contribution in [2.45, 2.75) is 17.4 Å². The predicted molar refractivity (Wildman–Crippen MR) is 70.5 cm³/mol. The van der Waals surface area contributed by atoms with Crippen LogP contribution in [0.25, 0.3) is 0 Å². The smallest absolute Gasteiger partial charge is 0.337 e. The van der Waals surface area contributed by atoms with Crippen molar-refractivity contribution in [3.05, 3.63) is 29.3 Å². The molecule has 6 heteroatoms. The number of thioether (sulfide) groups is 1. The van der Waals surface area contributed by atoms with Crippen LogP contribution in [0, 0.1) is 0 Å².